The van der Waals surface area contributed by atoms with Crippen LogP contribution in [0.15, 0.2) is 42.6 Å². The molecule has 3 heterocycles. The van der Waals surface area contributed by atoms with Crippen molar-refractivity contribution >= 4 is 34.1 Å². The van der Waals surface area contributed by atoms with Gasteiger partial charge in [-0.3, -0.25) is 19.9 Å². The molecule has 158 valence electrons. The van der Waals surface area contributed by atoms with Crippen LogP contribution >= 0.6 is 0 Å². The van der Waals surface area contributed by atoms with Crippen molar-refractivity contribution in [3.8, 4) is 16.9 Å². The van der Waals surface area contributed by atoms with Crippen LogP contribution in [0.2, 0.25) is 0 Å². The van der Waals surface area contributed by atoms with Crippen LogP contribution in [0, 0.1) is 5.92 Å². The zero-order chi connectivity index (χ0) is 21.9. The molecular weight excluding hydrogens is 394 g/mol. The number of aromatic nitrogens is 1. The smallest absolute Gasteiger partial charge is 0.258 e. The van der Waals surface area contributed by atoms with Gasteiger partial charge in [-0.25, -0.2) is 0 Å². The lowest BCUT2D eigenvalue weighted by Gasteiger charge is -2.42. The highest BCUT2D eigenvalue weighted by Crippen LogP contribution is 2.51. The number of anilines is 2. The second-order valence-corrected chi connectivity index (χ2v) is 8.19. The number of ether oxygens (including phenoxy) is 2. The van der Waals surface area contributed by atoms with Gasteiger partial charge >= 0.3 is 0 Å². The van der Waals surface area contributed by atoms with Gasteiger partial charge in [0.25, 0.3) is 5.91 Å². The number of pyridine rings is 1. The Balaban J connectivity index is 1.82. The molecule has 3 unspecified atom stereocenters. The number of carbonyl (C=O) groups is 2. The maximum absolute atomic E-state index is 13.1. The van der Waals surface area contributed by atoms with Crippen LogP contribution in [0.4, 0.5) is 11.4 Å². The number of imide groups is 1. The third-order valence-corrected chi connectivity index (χ3v) is 6.80. The first kappa shape index (κ1) is 19.5. The lowest BCUT2D eigenvalue weighted by atomic mass is 9.72. The third kappa shape index (κ3) is 2.59. The van der Waals surface area contributed by atoms with Gasteiger partial charge in [0.2, 0.25) is 5.91 Å². The standard InChI is InChI=1S/C24H23N3O4/c1-12-18(22(28)27-23(29)24(12,2)31-4)15-11-17(30-3)21-19-14(9-10-25-21)13-7-5-6-8-16(13)26-20(15)19/h5-12,18,26H,1-4H3,(H,27,28,29). The van der Waals surface area contributed by atoms with E-state index in [-0.39, 0.29) is 5.91 Å². The Bertz CT molecular complexity index is 1260. The molecule has 1 fully saturated rings. The van der Waals surface area contributed by atoms with Crippen molar-refractivity contribution in [2.45, 2.75) is 25.4 Å². The fourth-order valence-corrected chi connectivity index (χ4v) is 4.80. The minimum absolute atomic E-state index is 0.351. The molecule has 2 N–H and O–H groups in total. The third-order valence-electron chi connectivity index (χ3n) is 6.80. The highest BCUT2D eigenvalue weighted by Gasteiger charge is 2.51. The lowest BCUT2D eigenvalue weighted by molar-refractivity contribution is -0.160. The molecule has 1 aromatic heterocycles. The molecule has 2 aliphatic rings. The summed E-state index contributed by atoms with van der Waals surface area (Å²) in [5.41, 5.74) is 4.14. The summed E-state index contributed by atoms with van der Waals surface area (Å²) >= 11 is 0. The second kappa shape index (κ2) is 6.78. The van der Waals surface area contributed by atoms with Gasteiger partial charge in [0.05, 0.1) is 18.7 Å². The average Bonchev–Trinajstić information content (AvgIpc) is 2.79. The molecule has 3 aromatic rings. The molecule has 0 aliphatic carbocycles. The van der Waals surface area contributed by atoms with Gasteiger partial charge in [0.1, 0.15) is 16.9 Å². The number of amides is 2. The maximum atomic E-state index is 13.1. The monoisotopic (exact) mass is 417 g/mol. The number of methoxy groups -OCH3 is 2. The van der Waals surface area contributed by atoms with Crippen molar-refractivity contribution in [1.82, 2.24) is 10.3 Å². The van der Waals surface area contributed by atoms with Crippen molar-refractivity contribution in [1.29, 1.82) is 0 Å². The van der Waals surface area contributed by atoms with Crippen LogP contribution in [0.25, 0.3) is 22.0 Å². The van der Waals surface area contributed by atoms with Crippen molar-refractivity contribution in [3.63, 3.8) is 0 Å². The molecule has 7 nitrogen and oxygen atoms in total. The number of hydrogen-bond donors (Lipinski definition) is 2. The molecule has 5 rings (SSSR count). The van der Waals surface area contributed by atoms with Gasteiger partial charge in [-0.2, -0.15) is 0 Å². The number of hydrogen-bond acceptors (Lipinski definition) is 6. The highest BCUT2D eigenvalue weighted by atomic mass is 16.5. The van der Waals surface area contributed by atoms with E-state index in [0.29, 0.717) is 5.75 Å². The van der Waals surface area contributed by atoms with Crippen LogP contribution in [-0.2, 0) is 14.3 Å². The number of benzene rings is 2. The number of piperidine rings is 1. The normalized spacial score (nSPS) is 24.4. The van der Waals surface area contributed by atoms with Gasteiger partial charge in [-0.15, -0.1) is 0 Å². The number of nitrogens with one attached hydrogen (secondary N) is 2. The fourth-order valence-electron chi connectivity index (χ4n) is 4.80. The Kier molecular flexibility index (Phi) is 4.27. The average molecular weight is 417 g/mol. The first-order valence-electron chi connectivity index (χ1n) is 10.2. The van der Waals surface area contributed by atoms with Crippen molar-refractivity contribution in [2.24, 2.45) is 5.92 Å². The minimum Gasteiger partial charge on any atom is -0.494 e. The molecule has 0 spiro atoms. The van der Waals surface area contributed by atoms with E-state index in [1.165, 1.54) is 7.11 Å². The van der Waals surface area contributed by atoms with Crippen LogP contribution < -0.4 is 15.4 Å². The van der Waals surface area contributed by atoms with E-state index in [2.05, 4.69) is 21.7 Å². The molecule has 0 saturated carbocycles. The molecule has 2 amide bonds. The zero-order valence-electron chi connectivity index (χ0n) is 17.8. The number of carbonyl (C=O) groups excluding carboxylic acids is 2. The second-order valence-electron chi connectivity index (χ2n) is 8.19. The Morgan fingerprint density at radius 1 is 1.06 bits per heavy atom. The van der Waals surface area contributed by atoms with Gasteiger partial charge in [0.15, 0.2) is 0 Å². The molecule has 2 aromatic carbocycles. The van der Waals surface area contributed by atoms with Gasteiger partial charge in [0, 0.05) is 35.9 Å². The predicted octanol–water partition coefficient (Wildman–Crippen LogP) is 3.75. The van der Waals surface area contributed by atoms with E-state index in [0.717, 1.165) is 39.0 Å². The van der Waals surface area contributed by atoms with Crippen LogP contribution in [0.1, 0.15) is 25.3 Å². The summed E-state index contributed by atoms with van der Waals surface area (Å²) in [4.78, 5) is 30.2. The van der Waals surface area contributed by atoms with Gasteiger partial charge in [-0.1, -0.05) is 25.1 Å². The molecule has 0 radical (unpaired) electrons. The van der Waals surface area contributed by atoms with Gasteiger partial charge < -0.3 is 14.8 Å². The van der Waals surface area contributed by atoms with Crippen molar-refractivity contribution < 1.29 is 19.1 Å². The lowest BCUT2D eigenvalue weighted by Crippen LogP contribution is -2.60. The minimum atomic E-state index is -1.14. The molecule has 2 aliphatic heterocycles. The molecular formula is C24H23N3O4. The highest BCUT2D eigenvalue weighted by molar-refractivity contribution is 6.14. The molecule has 7 heteroatoms. The quantitative estimate of drug-likeness (QED) is 0.494. The van der Waals surface area contributed by atoms with E-state index >= 15 is 0 Å². The number of para-hydroxylation sites is 1. The molecule has 1 saturated heterocycles. The van der Waals surface area contributed by atoms with Crippen LogP contribution in [0.3, 0.4) is 0 Å². The zero-order valence-corrected chi connectivity index (χ0v) is 17.8. The summed E-state index contributed by atoms with van der Waals surface area (Å²) in [6.07, 6.45) is 1.77. The number of nitrogens with zero attached hydrogens (tertiary/aromatic N) is 1. The molecule has 3 atom stereocenters. The topological polar surface area (TPSA) is 89.5 Å². The first-order chi connectivity index (χ1) is 14.9. The summed E-state index contributed by atoms with van der Waals surface area (Å²) in [7, 11) is 3.08. The summed E-state index contributed by atoms with van der Waals surface area (Å²) < 4.78 is 11.3. The first-order valence-corrected chi connectivity index (χ1v) is 10.2. The Morgan fingerprint density at radius 3 is 2.58 bits per heavy atom. The van der Waals surface area contributed by atoms with E-state index < -0.39 is 23.3 Å². The SMILES string of the molecule is COc1cc(C2C(=O)NC(=O)C(C)(OC)C2C)c2c3c(ccnc13)-c1ccccc1N2. The van der Waals surface area contributed by atoms with Crippen molar-refractivity contribution in [2.75, 3.05) is 19.5 Å². The Hall–Kier alpha value is -3.45. The van der Waals surface area contributed by atoms with Crippen LogP contribution in [-0.4, -0.2) is 36.6 Å². The van der Waals surface area contributed by atoms with E-state index in [4.69, 9.17) is 9.47 Å². The van der Waals surface area contributed by atoms with Crippen molar-refractivity contribution in [3.05, 3.63) is 48.2 Å². The largest absolute Gasteiger partial charge is 0.494 e. The summed E-state index contributed by atoms with van der Waals surface area (Å²) in [6.45, 7) is 3.58. The summed E-state index contributed by atoms with van der Waals surface area (Å²) in [6, 6.07) is 11.8. The molecule has 31 heavy (non-hydrogen) atoms. The van der Waals surface area contributed by atoms with Crippen LogP contribution in [0.5, 0.6) is 5.75 Å². The van der Waals surface area contributed by atoms with Gasteiger partial charge in [-0.05, 0) is 36.2 Å². The Labute approximate surface area is 179 Å². The number of rotatable bonds is 3. The van der Waals surface area contributed by atoms with E-state index in [9.17, 15) is 9.59 Å². The Morgan fingerprint density at radius 2 is 1.84 bits per heavy atom. The maximum Gasteiger partial charge on any atom is 0.258 e. The predicted molar refractivity (Wildman–Crippen MR) is 117 cm³/mol. The fraction of sp³-hybridized carbons (Fsp3) is 0.292. The summed E-state index contributed by atoms with van der Waals surface area (Å²) in [5, 5.41) is 6.91. The summed E-state index contributed by atoms with van der Waals surface area (Å²) in [5.74, 6) is -1.23. The molecule has 0 bridgehead atoms. The van der Waals surface area contributed by atoms with E-state index in [1.807, 2.05) is 37.3 Å². The van der Waals surface area contributed by atoms with E-state index in [1.54, 1.807) is 20.2 Å². The number of fused-ring (bicyclic) bond motifs is 2.